The summed E-state index contributed by atoms with van der Waals surface area (Å²) in [5.41, 5.74) is 0. The molecule has 0 N–H and O–H groups in total. The standard InChI is InChI=1S/C11H19NO5/c1-2-3-13-4-5-14-6-7-15-8-12-9-16-11-17-10-12/h1H,3-11H2. The maximum Gasteiger partial charge on any atom is 0.150 e. The molecule has 0 saturated carbocycles. The Morgan fingerprint density at radius 2 is 1.65 bits per heavy atom. The molecule has 0 aliphatic carbocycles. The molecule has 1 heterocycles. The van der Waals surface area contributed by atoms with E-state index in [2.05, 4.69) is 5.92 Å². The minimum absolute atomic E-state index is 0.328. The Bertz CT molecular complexity index is 212. The van der Waals surface area contributed by atoms with Crippen LogP contribution in [-0.2, 0) is 23.7 Å². The smallest absolute Gasteiger partial charge is 0.150 e. The lowest BCUT2D eigenvalue weighted by molar-refractivity contribution is -0.206. The summed E-state index contributed by atoms with van der Waals surface area (Å²) < 4.78 is 25.8. The summed E-state index contributed by atoms with van der Waals surface area (Å²) in [6.45, 7) is 4.37. The second kappa shape index (κ2) is 10.5. The van der Waals surface area contributed by atoms with Gasteiger partial charge in [0.1, 0.15) is 33.6 Å². The van der Waals surface area contributed by atoms with Crippen LogP contribution in [0.15, 0.2) is 0 Å². The highest BCUT2D eigenvalue weighted by Gasteiger charge is 2.09. The average Bonchev–Trinajstić information content (AvgIpc) is 2.38. The van der Waals surface area contributed by atoms with E-state index in [4.69, 9.17) is 30.1 Å². The quantitative estimate of drug-likeness (QED) is 0.416. The molecule has 1 saturated heterocycles. The van der Waals surface area contributed by atoms with Crippen LogP contribution < -0.4 is 0 Å². The maximum absolute atomic E-state index is 5.37. The second-order valence-corrected chi connectivity index (χ2v) is 3.36. The molecule has 0 aromatic heterocycles. The molecule has 1 rings (SSSR count). The van der Waals surface area contributed by atoms with E-state index in [0.29, 0.717) is 60.0 Å². The van der Waals surface area contributed by atoms with Crippen LogP contribution in [0.2, 0.25) is 0 Å². The van der Waals surface area contributed by atoms with Crippen LogP contribution in [0.25, 0.3) is 0 Å². The van der Waals surface area contributed by atoms with Gasteiger partial charge in [0.25, 0.3) is 0 Å². The summed E-state index contributed by atoms with van der Waals surface area (Å²) in [4.78, 5) is 1.90. The van der Waals surface area contributed by atoms with Gasteiger partial charge in [-0.1, -0.05) is 5.92 Å². The van der Waals surface area contributed by atoms with Crippen LogP contribution in [0.4, 0.5) is 0 Å². The van der Waals surface area contributed by atoms with Gasteiger partial charge < -0.3 is 23.7 Å². The molecular formula is C11H19NO5. The Balaban J connectivity index is 1.76. The summed E-state index contributed by atoms with van der Waals surface area (Å²) >= 11 is 0. The Morgan fingerprint density at radius 1 is 1.00 bits per heavy atom. The lowest BCUT2D eigenvalue weighted by Crippen LogP contribution is -2.36. The molecule has 1 aliphatic heterocycles. The van der Waals surface area contributed by atoms with Crippen LogP contribution in [0, 0.1) is 12.3 Å². The lowest BCUT2D eigenvalue weighted by atomic mass is 10.7. The lowest BCUT2D eigenvalue weighted by Gasteiger charge is -2.25. The van der Waals surface area contributed by atoms with E-state index < -0.39 is 0 Å². The van der Waals surface area contributed by atoms with Crippen LogP contribution in [0.3, 0.4) is 0 Å². The maximum atomic E-state index is 5.37. The van der Waals surface area contributed by atoms with Gasteiger partial charge in [-0.3, -0.25) is 0 Å². The van der Waals surface area contributed by atoms with Crippen LogP contribution in [0.5, 0.6) is 0 Å². The highest BCUT2D eigenvalue weighted by Crippen LogP contribution is 1.97. The largest absolute Gasteiger partial charge is 0.377 e. The number of nitrogens with zero attached hydrogens (tertiary/aromatic N) is 1. The monoisotopic (exact) mass is 245 g/mol. The first-order chi connectivity index (χ1) is 8.43. The van der Waals surface area contributed by atoms with Crippen LogP contribution >= 0.6 is 0 Å². The van der Waals surface area contributed by atoms with Crippen molar-refractivity contribution in [3.05, 3.63) is 0 Å². The molecule has 98 valence electrons. The van der Waals surface area contributed by atoms with E-state index in [1.807, 2.05) is 4.90 Å². The van der Waals surface area contributed by atoms with Gasteiger partial charge in [-0.15, -0.1) is 6.42 Å². The number of hydrogen-bond donors (Lipinski definition) is 0. The number of rotatable bonds is 9. The summed E-state index contributed by atoms with van der Waals surface area (Å²) in [7, 11) is 0. The van der Waals surface area contributed by atoms with Crippen LogP contribution in [0.1, 0.15) is 0 Å². The Labute approximate surface area is 102 Å². The topological polar surface area (TPSA) is 49.4 Å². The van der Waals surface area contributed by atoms with Gasteiger partial charge in [-0.05, 0) is 0 Å². The molecule has 6 heteroatoms. The van der Waals surface area contributed by atoms with E-state index in [0.717, 1.165) is 0 Å². The molecule has 0 aromatic rings. The predicted octanol–water partition coefficient (Wildman–Crippen LogP) is -0.152. The van der Waals surface area contributed by atoms with E-state index >= 15 is 0 Å². The zero-order valence-corrected chi connectivity index (χ0v) is 9.93. The van der Waals surface area contributed by atoms with Gasteiger partial charge in [-0.25, -0.2) is 4.90 Å². The van der Waals surface area contributed by atoms with Crippen molar-refractivity contribution in [3.8, 4) is 12.3 Å². The van der Waals surface area contributed by atoms with Gasteiger partial charge in [0.15, 0.2) is 0 Å². The fraction of sp³-hybridized carbons (Fsp3) is 0.818. The predicted molar refractivity (Wildman–Crippen MR) is 59.9 cm³/mol. The number of hydrogen-bond acceptors (Lipinski definition) is 6. The van der Waals surface area contributed by atoms with E-state index in [1.165, 1.54) is 0 Å². The minimum Gasteiger partial charge on any atom is -0.377 e. The van der Waals surface area contributed by atoms with Gasteiger partial charge in [0.05, 0.1) is 26.4 Å². The zero-order chi connectivity index (χ0) is 12.2. The Hall–Kier alpha value is -0.680. The highest BCUT2D eigenvalue weighted by atomic mass is 16.7. The Morgan fingerprint density at radius 3 is 2.35 bits per heavy atom. The molecule has 0 radical (unpaired) electrons. The van der Waals surface area contributed by atoms with Gasteiger partial charge in [0.2, 0.25) is 0 Å². The van der Waals surface area contributed by atoms with E-state index in [-0.39, 0.29) is 0 Å². The van der Waals surface area contributed by atoms with E-state index in [1.54, 1.807) is 0 Å². The van der Waals surface area contributed by atoms with Gasteiger partial charge >= 0.3 is 0 Å². The zero-order valence-electron chi connectivity index (χ0n) is 9.93. The molecule has 0 spiro atoms. The van der Waals surface area contributed by atoms with Gasteiger partial charge in [0, 0.05) is 0 Å². The fourth-order valence-electron chi connectivity index (χ4n) is 1.17. The highest BCUT2D eigenvalue weighted by molar-refractivity contribution is 4.82. The summed E-state index contributed by atoms with van der Waals surface area (Å²) in [5, 5.41) is 0. The Kier molecular flexibility index (Phi) is 8.86. The molecule has 0 aromatic carbocycles. The molecule has 0 amide bonds. The third kappa shape index (κ3) is 8.10. The molecule has 17 heavy (non-hydrogen) atoms. The molecular weight excluding hydrogens is 226 g/mol. The third-order valence-electron chi connectivity index (χ3n) is 1.92. The molecule has 1 fully saturated rings. The van der Waals surface area contributed by atoms with Crippen molar-refractivity contribution in [2.24, 2.45) is 0 Å². The molecule has 0 unspecified atom stereocenters. The van der Waals surface area contributed by atoms with Crippen LogP contribution in [-0.4, -0.2) is 64.9 Å². The van der Waals surface area contributed by atoms with Crippen molar-refractivity contribution in [3.63, 3.8) is 0 Å². The summed E-state index contributed by atoms with van der Waals surface area (Å²) in [6, 6.07) is 0. The number of ether oxygens (including phenoxy) is 5. The van der Waals surface area contributed by atoms with E-state index in [9.17, 15) is 0 Å². The SMILES string of the molecule is C#CCOCCOCCOCN1COCOC1. The van der Waals surface area contributed by atoms with Crippen molar-refractivity contribution >= 4 is 0 Å². The van der Waals surface area contributed by atoms with Crippen molar-refractivity contribution in [2.45, 2.75) is 0 Å². The third-order valence-corrected chi connectivity index (χ3v) is 1.92. The fourth-order valence-corrected chi connectivity index (χ4v) is 1.17. The summed E-state index contributed by atoms with van der Waals surface area (Å²) in [6.07, 6.45) is 5.02. The van der Waals surface area contributed by atoms with Crippen molar-refractivity contribution < 1.29 is 23.7 Å². The first-order valence-electron chi connectivity index (χ1n) is 5.48. The average molecular weight is 245 g/mol. The molecule has 0 bridgehead atoms. The van der Waals surface area contributed by atoms with Crippen molar-refractivity contribution in [1.29, 1.82) is 0 Å². The molecule has 6 nitrogen and oxygen atoms in total. The van der Waals surface area contributed by atoms with Crippen molar-refractivity contribution in [1.82, 2.24) is 4.90 Å². The molecule has 1 aliphatic rings. The second-order valence-electron chi connectivity index (χ2n) is 3.36. The number of terminal acetylenes is 1. The first kappa shape index (κ1) is 14.4. The van der Waals surface area contributed by atoms with Gasteiger partial charge in [-0.2, -0.15) is 0 Å². The minimum atomic E-state index is 0.328. The first-order valence-corrected chi connectivity index (χ1v) is 5.48. The normalized spacial score (nSPS) is 16.9. The van der Waals surface area contributed by atoms with Crippen molar-refractivity contribution in [2.75, 3.05) is 60.0 Å². The summed E-state index contributed by atoms with van der Waals surface area (Å²) in [5.74, 6) is 2.38. The molecule has 0 atom stereocenters.